The second-order valence-electron chi connectivity index (χ2n) is 2.67. The van der Waals surface area contributed by atoms with Crippen LogP contribution < -0.4 is 10.6 Å². The van der Waals surface area contributed by atoms with Crippen LogP contribution in [0.15, 0.2) is 0 Å². The Morgan fingerprint density at radius 3 is 2.36 bits per heavy atom. The lowest BCUT2D eigenvalue weighted by molar-refractivity contribution is -0.570. The van der Waals surface area contributed by atoms with Gasteiger partial charge in [0.25, 0.3) is 5.54 Å². The number of hydrogen-bond donors (Lipinski definition) is 3. The summed E-state index contributed by atoms with van der Waals surface area (Å²) in [5.41, 5.74) is -1.22. The molecule has 3 N–H and O–H groups in total. The standard InChI is InChI=1S/C5H11N3O3/c9-3-5(8(10)11)1-6-4-7-2-5/h6-7,9H,1-4H2. The first kappa shape index (κ1) is 8.38. The van der Waals surface area contributed by atoms with Crippen molar-refractivity contribution in [2.45, 2.75) is 5.54 Å². The van der Waals surface area contributed by atoms with Crippen LogP contribution in [0.3, 0.4) is 0 Å². The Morgan fingerprint density at radius 1 is 1.55 bits per heavy atom. The average Bonchev–Trinajstić information content (AvgIpc) is 2.05. The van der Waals surface area contributed by atoms with Crippen LogP contribution in [0, 0.1) is 10.1 Å². The number of nitrogens with one attached hydrogen (secondary N) is 2. The zero-order chi connectivity index (χ0) is 8.32. The van der Waals surface area contributed by atoms with Gasteiger partial charge in [-0.25, -0.2) is 0 Å². The SMILES string of the molecule is O=[N+]([O-])C1(CO)CNCNC1. The molecule has 0 atom stereocenters. The van der Waals surface area contributed by atoms with Gasteiger partial charge < -0.3 is 5.11 Å². The van der Waals surface area contributed by atoms with E-state index < -0.39 is 17.1 Å². The maximum Gasteiger partial charge on any atom is 0.269 e. The largest absolute Gasteiger partial charge is 0.389 e. The van der Waals surface area contributed by atoms with Gasteiger partial charge in [-0.1, -0.05) is 0 Å². The van der Waals surface area contributed by atoms with Crippen LogP contribution >= 0.6 is 0 Å². The molecule has 1 fully saturated rings. The summed E-state index contributed by atoms with van der Waals surface area (Å²) in [6.45, 7) is 0.586. The Kier molecular flexibility index (Phi) is 2.38. The molecule has 11 heavy (non-hydrogen) atoms. The summed E-state index contributed by atoms with van der Waals surface area (Å²) in [5.74, 6) is 0. The smallest absolute Gasteiger partial charge is 0.269 e. The van der Waals surface area contributed by atoms with Crippen molar-refractivity contribution in [3.8, 4) is 0 Å². The summed E-state index contributed by atoms with van der Waals surface area (Å²) in [6.07, 6.45) is 0. The topological polar surface area (TPSA) is 87.4 Å². The van der Waals surface area contributed by atoms with Crippen molar-refractivity contribution in [2.75, 3.05) is 26.4 Å². The number of aliphatic hydroxyl groups excluding tert-OH is 1. The summed E-state index contributed by atoms with van der Waals surface area (Å²) in [4.78, 5) is 10.0. The van der Waals surface area contributed by atoms with Crippen molar-refractivity contribution in [1.82, 2.24) is 10.6 Å². The predicted octanol–water partition coefficient (Wildman–Crippen LogP) is -1.86. The molecule has 0 bridgehead atoms. The fourth-order valence-electron chi connectivity index (χ4n) is 1.04. The van der Waals surface area contributed by atoms with Gasteiger partial charge in [0.15, 0.2) is 0 Å². The minimum absolute atomic E-state index is 0.226. The molecule has 0 saturated carbocycles. The van der Waals surface area contributed by atoms with E-state index in [1.807, 2.05) is 0 Å². The summed E-state index contributed by atoms with van der Waals surface area (Å²) >= 11 is 0. The third-order valence-corrected chi connectivity index (χ3v) is 1.84. The van der Waals surface area contributed by atoms with Crippen LogP contribution in [0.25, 0.3) is 0 Å². The molecule has 0 amide bonds. The second-order valence-corrected chi connectivity index (χ2v) is 2.67. The summed E-state index contributed by atoms with van der Waals surface area (Å²) < 4.78 is 0. The van der Waals surface area contributed by atoms with Crippen LogP contribution in [0.2, 0.25) is 0 Å². The van der Waals surface area contributed by atoms with Crippen LogP contribution in [0.4, 0.5) is 0 Å². The normalized spacial score (nSPS) is 23.0. The van der Waals surface area contributed by atoms with Crippen LogP contribution in [-0.2, 0) is 0 Å². The Labute approximate surface area is 63.7 Å². The molecule has 0 radical (unpaired) electrons. The van der Waals surface area contributed by atoms with Crippen molar-refractivity contribution in [3.63, 3.8) is 0 Å². The van der Waals surface area contributed by atoms with Crippen molar-refractivity contribution in [2.24, 2.45) is 0 Å². The first-order chi connectivity index (χ1) is 5.21. The first-order valence-electron chi connectivity index (χ1n) is 3.38. The van der Waals surface area contributed by atoms with Crippen molar-refractivity contribution in [3.05, 3.63) is 10.1 Å². The lowest BCUT2D eigenvalue weighted by Gasteiger charge is -2.28. The van der Waals surface area contributed by atoms with Crippen molar-refractivity contribution >= 4 is 0 Å². The van der Waals surface area contributed by atoms with E-state index in [1.165, 1.54) is 0 Å². The summed E-state index contributed by atoms with van der Waals surface area (Å²) in [6, 6.07) is 0. The Bertz CT molecular complexity index is 155. The molecule has 1 heterocycles. The maximum atomic E-state index is 10.5. The maximum absolute atomic E-state index is 10.5. The fourth-order valence-corrected chi connectivity index (χ4v) is 1.04. The van der Waals surface area contributed by atoms with Crippen LogP contribution in [0.5, 0.6) is 0 Å². The minimum Gasteiger partial charge on any atom is -0.389 e. The zero-order valence-electron chi connectivity index (χ0n) is 6.04. The molecule has 1 rings (SSSR count). The predicted molar refractivity (Wildman–Crippen MR) is 37.7 cm³/mol. The minimum atomic E-state index is -1.22. The highest BCUT2D eigenvalue weighted by Crippen LogP contribution is 2.08. The van der Waals surface area contributed by atoms with Gasteiger partial charge in [0.05, 0.1) is 13.1 Å². The number of aliphatic hydroxyl groups is 1. The third kappa shape index (κ3) is 1.47. The lowest BCUT2D eigenvalue weighted by Crippen LogP contribution is -2.62. The van der Waals surface area contributed by atoms with E-state index in [9.17, 15) is 10.1 Å². The molecule has 0 aromatic rings. The van der Waals surface area contributed by atoms with E-state index in [1.54, 1.807) is 0 Å². The van der Waals surface area contributed by atoms with Gasteiger partial charge in [-0.05, 0) is 0 Å². The highest BCUT2D eigenvalue weighted by Gasteiger charge is 2.43. The molecule has 0 spiro atoms. The Morgan fingerprint density at radius 2 is 2.09 bits per heavy atom. The monoisotopic (exact) mass is 161 g/mol. The van der Waals surface area contributed by atoms with Gasteiger partial charge in [-0.2, -0.15) is 0 Å². The van der Waals surface area contributed by atoms with Gasteiger partial charge in [-0.3, -0.25) is 20.7 Å². The molecule has 0 aliphatic carbocycles. The summed E-state index contributed by atoms with van der Waals surface area (Å²) in [7, 11) is 0. The molecule has 0 aromatic carbocycles. The molecular formula is C5H11N3O3. The highest BCUT2D eigenvalue weighted by molar-refractivity contribution is 4.86. The fraction of sp³-hybridized carbons (Fsp3) is 1.00. The number of nitro groups is 1. The molecule has 1 aliphatic heterocycles. The molecule has 0 aromatic heterocycles. The molecule has 1 aliphatic rings. The lowest BCUT2D eigenvalue weighted by atomic mass is 10.0. The van der Waals surface area contributed by atoms with E-state index in [2.05, 4.69) is 10.6 Å². The zero-order valence-corrected chi connectivity index (χ0v) is 6.04. The second kappa shape index (κ2) is 3.12. The average molecular weight is 161 g/mol. The van der Waals surface area contributed by atoms with E-state index in [0.717, 1.165) is 0 Å². The quantitative estimate of drug-likeness (QED) is 0.326. The molecule has 6 heteroatoms. The van der Waals surface area contributed by atoms with Gasteiger partial charge >= 0.3 is 0 Å². The van der Waals surface area contributed by atoms with Crippen LogP contribution in [-0.4, -0.2) is 41.9 Å². The molecule has 1 saturated heterocycles. The van der Waals surface area contributed by atoms with Gasteiger partial charge in [-0.15, -0.1) is 0 Å². The Balaban J connectivity index is 2.64. The number of hydrogen-bond acceptors (Lipinski definition) is 5. The van der Waals surface area contributed by atoms with Gasteiger partial charge in [0, 0.05) is 11.6 Å². The van der Waals surface area contributed by atoms with E-state index in [0.29, 0.717) is 6.67 Å². The summed E-state index contributed by atoms with van der Waals surface area (Å²) in [5, 5.41) is 24.9. The van der Waals surface area contributed by atoms with Crippen molar-refractivity contribution in [1.29, 1.82) is 0 Å². The molecule has 64 valence electrons. The molecular weight excluding hydrogens is 150 g/mol. The third-order valence-electron chi connectivity index (χ3n) is 1.84. The highest BCUT2D eigenvalue weighted by atomic mass is 16.6. The number of nitrogens with zero attached hydrogens (tertiary/aromatic N) is 1. The van der Waals surface area contributed by atoms with E-state index in [4.69, 9.17) is 5.11 Å². The molecule has 6 nitrogen and oxygen atoms in total. The van der Waals surface area contributed by atoms with Gasteiger partial charge in [0.1, 0.15) is 6.61 Å². The first-order valence-corrected chi connectivity index (χ1v) is 3.38. The van der Waals surface area contributed by atoms with Crippen LogP contribution in [0.1, 0.15) is 0 Å². The van der Waals surface area contributed by atoms with Gasteiger partial charge in [0.2, 0.25) is 0 Å². The molecule has 0 unspecified atom stereocenters. The van der Waals surface area contributed by atoms with E-state index >= 15 is 0 Å². The Hall–Kier alpha value is -0.720. The van der Waals surface area contributed by atoms with E-state index in [-0.39, 0.29) is 13.1 Å². The number of rotatable bonds is 2. The van der Waals surface area contributed by atoms with Crippen molar-refractivity contribution < 1.29 is 10.0 Å².